The van der Waals surface area contributed by atoms with Gasteiger partial charge in [0.05, 0.1) is 6.04 Å². The lowest BCUT2D eigenvalue weighted by atomic mass is 10.1. The largest absolute Gasteiger partial charge is 0.457 e. The molecule has 0 saturated carbocycles. The second kappa shape index (κ2) is 8.45. The third kappa shape index (κ3) is 4.30. The first-order valence-electron chi connectivity index (χ1n) is 9.73. The van der Waals surface area contributed by atoms with E-state index in [1.54, 1.807) is 17.0 Å². The molecular formula is C24H23FN2O2. The Morgan fingerprint density at radius 3 is 2.28 bits per heavy atom. The second-order valence-corrected chi connectivity index (χ2v) is 7.14. The average Bonchev–Trinajstić information content (AvgIpc) is 2.75. The molecule has 0 aromatic heterocycles. The van der Waals surface area contributed by atoms with Gasteiger partial charge >= 0.3 is 0 Å². The highest BCUT2D eigenvalue weighted by Crippen LogP contribution is 2.27. The number of halogens is 1. The Hall–Kier alpha value is -3.18. The zero-order valence-electron chi connectivity index (χ0n) is 16.3. The molecule has 1 heterocycles. The Labute approximate surface area is 170 Å². The standard InChI is InChI=1S/C24H23FN2O2/c1-18-24(28)27(16-15-26(18)17-19-7-5-6-10-23(19)25)20-11-13-22(14-12-20)29-21-8-3-2-4-9-21/h2-14,18H,15-17H2,1H3/t18-/m0/s1. The number of hydrogen-bond acceptors (Lipinski definition) is 3. The van der Waals surface area contributed by atoms with Gasteiger partial charge in [-0.2, -0.15) is 0 Å². The van der Waals surface area contributed by atoms with Crippen molar-refractivity contribution < 1.29 is 13.9 Å². The summed E-state index contributed by atoms with van der Waals surface area (Å²) < 4.78 is 19.8. The van der Waals surface area contributed by atoms with Crippen molar-refractivity contribution in [2.24, 2.45) is 0 Å². The van der Waals surface area contributed by atoms with Crippen molar-refractivity contribution in [2.75, 3.05) is 18.0 Å². The Morgan fingerprint density at radius 2 is 1.55 bits per heavy atom. The number of carbonyl (C=O) groups is 1. The molecule has 1 atom stereocenters. The number of para-hydroxylation sites is 1. The van der Waals surface area contributed by atoms with Crippen molar-refractivity contribution in [3.8, 4) is 11.5 Å². The molecular weight excluding hydrogens is 367 g/mol. The van der Waals surface area contributed by atoms with E-state index in [9.17, 15) is 9.18 Å². The molecule has 1 aliphatic heterocycles. The Bertz CT molecular complexity index is 976. The van der Waals surface area contributed by atoms with Crippen molar-refractivity contribution in [3.63, 3.8) is 0 Å². The van der Waals surface area contributed by atoms with Crippen molar-refractivity contribution in [3.05, 3.63) is 90.2 Å². The van der Waals surface area contributed by atoms with Gasteiger partial charge in [-0.15, -0.1) is 0 Å². The first-order valence-corrected chi connectivity index (χ1v) is 9.73. The van der Waals surface area contributed by atoms with E-state index in [0.717, 1.165) is 17.2 Å². The van der Waals surface area contributed by atoms with Crippen LogP contribution in [0.2, 0.25) is 0 Å². The number of rotatable bonds is 5. The van der Waals surface area contributed by atoms with Crippen LogP contribution >= 0.6 is 0 Å². The average molecular weight is 390 g/mol. The van der Waals surface area contributed by atoms with Gasteiger partial charge < -0.3 is 9.64 Å². The van der Waals surface area contributed by atoms with Crippen molar-refractivity contribution >= 4 is 11.6 Å². The predicted octanol–water partition coefficient (Wildman–Crippen LogP) is 4.86. The van der Waals surface area contributed by atoms with Crippen molar-refractivity contribution in [2.45, 2.75) is 19.5 Å². The fourth-order valence-electron chi connectivity index (χ4n) is 3.55. The van der Waals surface area contributed by atoms with Crippen LogP contribution in [0.4, 0.5) is 10.1 Å². The predicted molar refractivity (Wildman–Crippen MR) is 112 cm³/mol. The fraction of sp³-hybridized carbons (Fsp3) is 0.208. The van der Waals surface area contributed by atoms with E-state index < -0.39 is 0 Å². The molecule has 4 rings (SSSR count). The van der Waals surface area contributed by atoms with Crippen LogP contribution in [-0.4, -0.2) is 29.9 Å². The van der Waals surface area contributed by atoms with E-state index in [2.05, 4.69) is 0 Å². The van der Waals surface area contributed by atoms with Gasteiger partial charge in [0.15, 0.2) is 0 Å². The molecule has 0 bridgehead atoms. The summed E-state index contributed by atoms with van der Waals surface area (Å²) in [4.78, 5) is 16.8. The molecule has 0 radical (unpaired) electrons. The third-order valence-electron chi connectivity index (χ3n) is 5.24. The molecule has 1 aliphatic rings. The smallest absolute Gasteiger partial charge is 0.244 e. The maximum absolute atomic E-state index is 14.0. The molecule has 0 aliphatic carbocycles. The van der Waals surface area contributed by atoms with Crippen LogP contribution < -0.4 is 9.64 Å². The molecule has 3 aromatic rings. The maximum atomic E-state index is 14.0. The highest BCUT2D eigenvalue weighted by atomic mass is 19.1. The number of carbonyl (C=O) groups excluding carboxylic acids is 1. The molecule has 0 spiro atoms. The molecule has 1 saturated heterocycles. The van der Waals surface area contributed by atoms with E-state index in [1.807, 2.05) is 72.5 Å². The summed E-state index contributed by atoms with van der Waals surface area (Å²) in [5.41, 5.74) is 1.45. The first-order chi connectivity index (χ1) is 14.1. The van der Waals surface area contributed by atoms with Crippen LogP contribution in [0.15, 0.2) is 78.9 Å². The molecule has 0 N–H and O–H groups in total. The van der Waals surface area contributed by atoms with E-state index in [4.69, 9.17) is 4.74 Å². The van der Waals surface area contributed by atoms with E-state index in [-0.39, 0.29) is 17.8 Å². The molecule has 4 nitrogen and oxygen atoms in total. The minimum atomic E-state index is -0.316. The molecule has 148 valence electrons. The van der Waals surface area contributed by atoms with Gasteiger partial charge in [-0.25, -0.2) is 4.39 Å². The number of benzene rings is 3. The van der Waals surface area contributed by atoms with Crippen LogP contribution in [0, 0.1) is 5.82 Å². The van der Waals surface area contributed by atoms with Gasteiger partial charge in [0.2, 0.25) is 5.91 Å². The Balaban J connectivity index is 1.42. The highest BCUT2D eigenvalue weighted by Gasteiger charge is 2.32. The van der Waals surface area contributed by atoms with Gasteiger partial charge in [0.1, 0.15) is 17.3 Å². The molecule has 1 fully saturated rings. The lowest BCUT2D eigenvalue weighted by Gasteiger charge is -2.39. The van der Waals surface area contributed by atoms with Gasteiger partial charge in [-0.05, 0) is 49.4 Å². The van der Waals surface area contributed by atoms with Crippen molar-refractivity contribution in [1.29, 1.82) is 0 Å². The van der Waals surface area contributed by atoms with Gasteiger partial charge in [0, 0.05) is 30.9 Å². The summed E-state index contributed by atoms with van der Waals surface area (Å²) in [5.74, 6) is 1.28. The molecule has 0 unspecified atom stereocenters. The number of hydrogen-bond donors (Lipinski definition) is 0. The highest BCUT2D eigenvalue weighted by molar-refractivity contribution is 5.97. The zero-order chi connectivity index (χ0) is 20.2. The van der Waals surface area contributed by atoms with Crippen molar-refractivity contribution in [1.82, 2.24) is 4.90 Å². The molecule has 1 amide bonds. The summed E-state index contributed by atoms with van der Waals surface area (Å²) >= 11 is 0. The summed E-state index contributed by atoms with van der Waals surface area (Å²) in [6, 6.07) is 23.5. The van der Waals surface area contributed by atoms with E-state index in [0.29, 0.717) is 25.2 Å². The Morgan fingerprint density at radius 1 is 0.897 bits per heavy atom. The zero-order valence-corrected chi connectivity index (χ0v) is 16.3. The van der Waals surface area contributed by atoms with E-state index in [1.165, 1.54) is 6.07 Å². The minimum absolute atomic E-state index is 0.0179. The van der Waals surface area contributed by atoms with Gasteiger partial charge in [-0.3, -0.25) is 9.69 Å². The first kappa shape index (κ1) is 19.2. The second-order valence-electron chi connectivity index (χ2n) is 7.14. The molecule has 3 aromatic carbocycles. The monoisotopic (exact) mass is 390 g/mol. The van der Waals surface area contributed by atoms with Crippen LogP contribution in [0.1, 0.15) is 12.5 Å². The SMILES string of the molecule is C[C@H]1C(=O)N(c2ccc(Oc3ccccc3)cc2)CCN1Cc1ccccc1F. The lowest BCUT2D eigenvalue weighted by molar-refractivity contribution is -0.125. The number of amides is 1. The normalized spacial score (nSPS) is 17.4. The van der Waals surface area contributed by atoms with Crippen LogP contribution in [0.5, 0.6) is 11.5 Å². The number of ether oxygens (including phenoxy) is 1. The Kier molecular flexibility index (Phi) is 5.58. The van der Waals surface area contributed by atoms with Crippen LogP contribution in [-0.2, 0) is 11.3 Å². The quantitative estimate of drug-likeness (QED) is 0.624. The van der Waals surface area contributed by atoms with Crippen LogP contribution in [0.25, 0.3) is 0 Å². The number of anilines is 1. The third-order valence-corrected chi connectivity index (χ3v) is 5.24. The summed E-state index contributed by atoms with van der Waals surface area (Å²) in [6.45, 7) is 3.56. The number of nitrogens with zero attached hydrogens (tertiary/aromatic N) is 2. The van der Waals surface area contributed by atoms with Gasteiger partial charge in [0.25, 0.3) is 0 Å². The topological polar surface area (TPSA) is 32.8 Å². The van der Waals surface area contributed by atoms with Gasteiger partial charge in [-0.1, -0.05) is 36.4 Å². The minimum Gasteiger partial charge on any atom is -0.457 e. The fourth-order valence-corrected chi connectivity index (χ4v) is 3.55. The number of piperazine rings is 1. The van der Waals surface area contributed by atoms with E-state index >= 15 is 0 Å². The summed E-state index contributed by atoms with van der Waals surface area (Å²) in [5, 5.41) is 0. The van der Waals surface area contributed by atoms with Crippen LogP contribution in [0.3, 0.4) is 0 Å². The molecule has 5 heteroatoms. The lowest BCUT2D eigenvalue weighted by Crippen LogP contribution is -2.55. The summed E-state index contributed by atoms with van der Waals surface area (Å²) in [6.07, 6.45) is 0. The summed E-state index contributed by atoms with van der Waals surface area (Å²) in [7, 11) is 0. The molecule has 29 heavy (non-hydrogen) atoms. The maximum Gasteiger partial charge on any atom is 0.244 e.